The van der Waals surface area contributed by atoms with Gasteiger partial charge in [0.25, 0.3) is 5.91 Å². The van der Waals surface area contributed by atoms with Crippen molar-refractivity contribution in [3.63, 3.8) is 0 Å². The third kappa shape index (κ3) is 3.42. The molecule has 2 amide bonds. The number of ether oxygens (including phenoxy) is 1. The molecule has 0 spiro atoms. The highest BCUT2D eigenvalue weighted by Gasteiger charge is 2.43. The minimum atomic E-state index is -1.13. The van der Waals surface area contributed by atoms with Crippen LogP contribution in [0.15, 0.2) is 48.5 Å². The highest BCUT2D eigenvalue weighted by atomic mass is 16.5. The van der Waals surface area contributed by atoms with Crippen molar-refractivity contribution < 1.29 is 19.1 Å². The van der Waals surface area contributed by atoms with E-state index >= 15 is 0 Å². The van der Waals surface area contributed by atoms with Crippen LogP contribution in [0.1, 0.15) is 35.5 Å². The van der Waals surface area contributed by atoms with Gasteiger partial charge in [-0.15, -0.1) is 0 Å². The third-order valence-electron chi connectivity index (χ3n) is 5.62. The molecule has 0 saturated carbocycles. The molecule has 0 saturated heterocycles. The Bertz CT molecular complexity index is 1230. The molecule has 7 nitrogen and oxygen atoms in total. The van der Waals surface area contributed by atoms with Gasteiger partial charge in [-0.05, 0) is 51.5 Å². The van der Waals surface area contributed by atoms with E-state index in [0.29, 0.717) is 22.6 Å². The van der Waals surface area contributed by atoms with Crippen LogP contribution in [0.5, 0.6) is 0 Å². The van der Waals surface area contributed by atoms with Gasteiger partial charge in [0, 0.05) is 5.39 Å². The number of anilines is 2. The predicted octanol–water partition coefficient (Wildman–Crippen LogP) is 3.77. The summed E-state index contributed by atoms with van der Waals surface area (Å²) in [5.74, 6) is -1.41. The fourth-order valence-corrected chi connectivity index (χ4v) is 3.99. The SMILES string of the molecule is Cc1nc2ccccc2c(C)c1C(=O)OCC(=O)N1c2ccccc2NC(=O)C1(C)C. The molecule has 0 unspecified atom stereocenters. The van der Waals surface area contributed by atoms with Crippen LogP contribution in [0.3, 0.4) is 0 Å². The van der Waals surface area contributed by atoms with Gasteiger partial charge in [0.15, 0.2) is 6.61 Å². The second-order valence-corrected chi connectivity index (χ2v) is 8.05. The summed E-state index contributed by atoms with van der Waals surface area (Å²) in [6, 6.07) is 14.6. The van der Waals surface area contributed by atoms with Crippen LogP contribution in [-0.2, 0) is 14.3 Å². The number of rotatable bonds is 3. The van der Waals surface area contributed by atoms with Crippen molar-refractivity contribution in [1.82, 2.24) is 4.98 Å². The van der Waals surface area contributed by atoms with E-state index in [1.165, 1.54) is 4.90 Å². The first-order valence-electron chi connectivity index (χ1n) is 9.98. The van der Waals surface area contributed by atoms with E-state index in [2.05, 4.69) is 10.3 Å². The van der Waals surface area contributed by atoms with E-state index in [1.54, 1.807) is 45.0 Å². The third-order valence-corrected chi connectivity index (χ3v) is 5.62. The molecule has 0 aliphatic carbocycles. The number of amides is 2. The molecular formula is C24H23N3O4. The minimum absolute atomic E-state index is 0.309. The molecule has 0 bridgehead atoms. The van der Waals surface area contributed by atoms with Crippen molar-refractivity contribution in [2.45, 2.75) is 33.2 Å². The van der Waals surface area contributed by atoms with E-state index in [4.69, 9.17) is 4.74 Å². The molecule has 0 atom stereocenters. The molecule has 4 rings (SSSR count). The van der Waals surface area contributed by atoms with Crippen LogP contribution in [0, 0.1) is 13.8 Å². The monoisotopic (exact) mass is 417 g/mol. The minimum Gasteiger partial charge on any atom is -0.452 e. The van der Waals surface area contributed by atoms with Crippen LogP contribution in [-0.4, -0.2) is 34.9 Å². The number of para-hydroxylation sites is 3. The quantitative estimate of drug-likeness (QED) is 0.656. The Morgan fingerprint density at radius 3 is 2.52 bits per heavy atom. The Balaban J connectivity index is 1.60. The summed E-state index contributed by atoms with van der Waals surface area (Å²) >= 11 is 0. The largest absolute Gasteiger partial charge is 0.452 e. The van der Waals surface area contributed by atoms with E-state index in [-0.39, 0.29) is 5.91 Å². The lowest BCUT2D eigenvalue weighted by Crippen LogP contribution is -2.59. The lowest BCUT2D eigenvalue weighted by atomic mass is 9.96. The molecule has 0 radical (unpaired) electrons. The summed E-state index contributed by atoms with van der Waals surface area (Å²) < 4.78 is 5.40. The molecular weight excluding hydrogens is 394 g/mol. The number of carbonyl (C=O) groups excluding carboxylic acids is 3. The van der Waals surface area contributed by atoms with Gasteiger partial charge < -0.3 is 10.1 Å². The lowest BCUT2D eigenvalue weighted by Gasteiger charge is -2.41. The molecule has 1 aromatic heterocycles. The van der Waals surface area contributed by atoms with Crippen molar-refractivity contribution in [2.24, 2.45) is 0 Å². The van der Waals surface area contributed by atoms with Gasteiger partial charge in [0.05, 0.1) is 28.1 Å². The number of nitrogens with zero attached hydrogens (tertiary/aromatic N) is 2. The maximum absolute atomic E-state index is 13.1. The number of nitrogens with one attached hydrogen (secondary N) is 1. The molecule has 2 heterocycles. The van der Waals surface area contributed by atoms with E-state index < -0.39 is 24.0 Å². The molecule has 158 valence electrons. The number of fused-ring (bicyclic) bond motifs is 2. The van der Waals surface area contributed by atoms with Crippen molar-refractivity contribution in [3.05, 3.63) is 65.4 Å². The van der Waals surface area contributed by atoms with Crippen LogP contribution in [0.4, 0.5) is 11.4 Å². The Morgan fingerprint density at radius 2 is 1.74 bits per heavy atom. The van der Waals surface area contributed by atoms with Gasteiger partial charge in [0.1, 0.15) is 5.54 Å². The van der Waals surface area contributed by atoms with Gasteiger partial charge in [-0.1, -0.05) is 30.3 Å². The zero-order valence-corrected chi connectivity index (χ0v) is 17.9. The number of carbonyl (C=O) groups is 3. The van der Waals surface area contributed by atoms with Crippen LogP contribution in [0.25, 0.3) is 10.9 Å². The average molecular weight is 417 g/mol. The maximum atomic E-state index is 13.1. The number of hydrogen-bond acceptors (Lipinski definition) is 5. The number of pyridine rings is 1. The second kappa shape index (κ2) is 7.50. The number of aryl methyl sites for hydroxylation is 2. The van der Waals surface area contributed by atoms with Gasteiger partial charge in [-0.3, -0.25) is 19.5 Å². The van der Waals surface area contributed by atoms with E-state index in [0.717, 1.165) is 16.5 Å². The van der Waals surface area contributed by atoms with Gasteiger partial charge in [0.2, 0.25) is 5.91 Å². The number of esters is 1. The zero-order chi connectivity index (χ0) is 22.3. The Labute approximate surface area is 180 Å². The maximum Gasteiger partial charge on any atom is 0.340 e. The topological polar surface area (TPSA) is 88.6 Å². The van der Waals surface area contributed by atoms with Gasteiger partial charge >= 0.3 is 5.97 Å². The molecule has 1 N–H and O–H groups in total. The van der Waals surface area contributed by atoms with Crippen molar-refractivity contribution in [3.8, 4) is 0 Å². The highest BCUT2D eigenvalue weighted by molar-refractivity contribution is 6.14. The normalized spacial score (nSPS) is 14.7. The fraction of sp³-hybridized carbons (Fsp3) is 0.250. The molecule has 31 heavy (non-hydrogen) atoms. The first-order valence-corrected chi connectivity index (χ1v) is 9.98. The Hall–Kier alpha value is -3.74. The van der Waals surface area contributed by atoms with Gasteiger partial charge in [-0.2, -0.15) is 0 Å². The first-order chi connectivity index (χ1) is 14.7. The molecule has 7 heteroatoms. The van der Waals surface area contributed by atoms with Crippen molar-refractivity contribution >= 4 is 40.1 Å². The smallest absolute Gasteiger partial charge is 0.340 e. The summed E-state index contributed by atoms with van der Waals surface area (Å²) in [5, 5.41) is 3.66. The lowest BCUT2D eigenvalue weighted by molar-refractivity contribution is -0.128. The van der Waals surface area contributed by atoms with E-state index in [9.17, 15) is 14.4 Å². The first kappa shape index (κ1) is 20.5. The molecule has 1 aliphatic heterocycles. The van der Waals surface area contributed by atoms with Crippen LogP contribution in [0.2, 0.25) is 0 Å². The van der Waals surface area contributed by atoms with Crippen molar-refractivity contribution in [1.29, 1.82) is 0 Å². The number of benzene rings is 2. The Morgan fingerprint density at radius 1 is 1.06 bits per heavy atom. The van der Waals surface area contributed by atoms with Crippen LogP contribution >= 0.6 is 0 Å². The summed E-state index contributed by atoms with van der Waals surface area (Å²) in [5.41, 5.74) is 2.41. The second-order valence-electron chi connectivity index (χ2n) is 8.05. The highest BCUT2D eigenvalue weighted by Crippen LogP contribution is 2.36. The predicted molar refractivity (Wildman–Crippen MR) is 118 cm³/mol. The summed E-state index contributed by atoms with van der Waals surface area (Å²) in [6.07, 6.45) is 0. The summed E-state index contributed by atoms with van der Waals surface area (Å²) in [4.78, 5) is 44.4. The molecule has 2 aromatic carbocycles. The standard InChI is InChI=1S/C24H23N3O4/c1-14-16-9-5-6-10-17(16)25-15(2)21(14)22(29)31-13-20(28)27-19-12-8-7-11-18(19)26-23(30)24(27,3)4/h5-12H,13H2,1-4H3,(H,26,30). The van der Waals surface area contributed by atoms with Crippen LogP contribution < -0.4 is 10.2 Å². The number of hydrogen-bond donors (Lipinski definition) is 1. The summed E-state index contributed by atoms with van der Waals surface area (Å²) in [6.45, 7) is 6.39. The molecule has 0 fully saturated rings. The summed E-state index contributed by atoms with van der Waals surface area (Å²) in [7, 11) is 0. The fourth-order valence-electron chi connectivity index (χ4n) is 3.99. The average Bonchev–Trinajstić information content (AvgIpc) is 2.73. The molecule has 1 aliphatic rings. The van der Waals surface area contributed by atoms with Gasteiger partial charge in [-0.25, -0.2) is 4.79 Å². The van der Waals surface area contributed by atoms with Crippen molar-refractivity contribution in [2.75, 3.05) is 16.8 Å². The van der Waals surface area contributed by atoms with E-state index in [1.807, 2.05) is 31.2 Å². The molecule has 3 aromatic rings. The zero-order valence-electron chi connectivity index (χ0n) is 17.9. The number of aromatic nitrogens is 1. The Kier molecular flexibility index (Phi) is 4.97.